The van der Waals surface area contributed by atoms with Crippen molar-refractivity contribution in [2.75, 3.05) is 13.7 Å². The fraction of sp³-hybridized carbons (Fsp3) is 0.500. The van der Waals surface area contributed by atoms with Gasteiger partial charge in [-0.25, -0.2) is 0 Å². The van der Waals surface area contributed by atoms with Crippen molar-refractivity contribution >= 4 is 24.3 Å². The van der Waals surface area contributed by atoms with Gasteiger partial charge < -0.3 is 19.5 Å². The van der Waals surface area contributed by atoms with E-state index in [0.717, 1.165) is 11.3 Å². The van der Waals surface area contributed by atoms with Gasteiger partial charge in [0.2, 0.25) is 0 Å². The first-order valence-electron chi connectivity index (χ1n) is 7.20. The molecule has 0 radical (unpaired) electrons. The lowest BCUT2D eigenvalue weighted by atomic mass is 10.0. The van der Waals surface area contributed by atoms with Crippen molar-refractivity contribution < 1.29 is 23.8 Å². The molecule has 3 unspecified atom stereocenters. The molecule has 1 aliphatic rings. The maximum absolute atomic E-state index is 11.3. The number of carbonyl (C=O) groups excluding carboxylic acids is 2. The first-order valence-corrected chi connectivity index (χ1v) is 7.20. The molecule has 23 heavy (non-hydrogen) atoms. The number of hydrogen-bond donors (Lipinski definition) is 1. The molecule has 1 saturated heterocycles. The quantitative estimate of drug-likeness (QED) is 0.817. The molecule has 1 aromatic rings. The second kappa shape index (κ2) is 8.74. The van der Waals surface area contributed by atoms with Gasteiger partial charge >= 0.3 is 11.9 Å². The molecular weight excluding hydrogens is 322 g/mol. The fourth-order valence-electron chi connectivity index (χ4n) is 2.63. The van der Waals surface area contributed by atoms with Crippen LogP contribution in [0.25, 0.3) is 0 Å². The number of esters is 2. The smallest absolute Gasteiger partial charge is 0.303 e. The number of benzene rings is 1. The van der Waals surface area contributed by atoms with Crippen LogP contribution in [0.1, 0.15) is 19.4 Å². The van der Waals surface area contributed by atoms with Crippen molar-refractivity contribution in [3.63, 3.8) is 0 Å². The third-order valence-electron chi connectivity index (χ3n) is 3.58. The average Bonchev–Trinajstić information content (AvgIpc) is 2.81. The molecule has 0 amide bonds. The Labute approximate surface area is 141 Å². The maximum Gasteiger partial charge on any atom is 0.303 e. The number of carbonyl (C=O) groups is 2. The van der Waals surface area contributed by atoms with E-state index in [-0.39, 0.29) is 30.4 Å². The maximum atomic E-state index is 11.3. The Kier molecular flexibility index (Phi) is 7.32. The molecule has 7 heteroatoms. The normalized spacial score (nSPS) is 22.8. The van der Waals surface area contributed by atoms with Gasteiger partial charge in [-0.1, -0.05) is 12.1 Å². The largest absolute Gasteiger partial charge is 0.497 e. The topological polar surface area (TPSA) is 73.9 Å². The highest BCUT2D eigenvalue weighted by Crippen LogP contribution is 2.21. The summed E-state index contributed by atoms with van der Waals surface area (Å²) < 4.78 is 15.7. The molecule has 1 N–H and O–H groups in total. The minimum Gasteiger partial charge on any atom is -0.497 e. The number of nitrogens with one attached hydrogen (secondary N) is 1. The summed E-state index contributed by atoms with van der Waals surface area (Å²) in [6, 6.07) is 7.60. The molecule has 0 aromatic heterocycles. The van der Waals surface area contributed by atoms with Gasteiger partial charge in [-0.2, -0.15) is 0 Å². The first kappa shape index (κ1) is 19.3. The van der Waals surface area contributed by atoms with Crippen LogP contribution >= 0.6 is 12.4 Å². The second-order valence-electron chi connectivity index (χ2n) is 5.29. The molecule has 128 valence electrons. The van der Waals surface area contributed by atoms with E-state index in [0.29, 0.717) is 13.0 Å². The molecule has 1 aliphatic heterocycles. The van der Waals surface area contributed by atoms with Crippen LogP contribution in [0.15, 0.2) is 24.3 Å². The summed E-state index contributed by atoms with van der Waals surface area (Å²) in [6.07, 6.45) is -0.271. The minimum absolute atomic E-state index is 0. The number of rotatable bonds is 5. The summed E-state index contributed by atoms with van der Waals surface area (Å²) in [5.41, 5.74) is 1.08. The van der Waals surface area contributed by atoms with Crippen LogP contribution in [-0.2, 0) is 25.5 Å². The first-order chi connectivity index (χ1) is 10.5. The van der Waals surface area contributed by atoms with Crippen LogP contribution in [0.2, 0.25) is 0 Å². The molecule has 0 aliphatic carbocycles. The Balaban J connectivity index is 0.00000264. The van der Waals surface area contributed by atoms with Gasteiger partial charge in [0.15, 0.2) is 12.2 Å². The SMILES string of the molecule is COc1ccc(CC2NCC(OC(C)=O)C2OC(C)=O)cc1.Cl. The molecule has 1 fully saturated rings. The van der Waals surface area contributed by atoms with E-state index in [1.54, 1.807) is 7.11 Å². The zero-order chi connectivity index (χ0) is 16.1. The van der Waals surface area contributed by atoms with Crippen molar-refractivity contribution in [2.24, 2.45) is 0 Å². The minimum atomic E-state index is -0.483. The van der Waals surface area contributed by atoms with E-state index in [1.807, 2.05) is 24.3 Å². The van der Waals surface area contributed by atoms with Crippen molar-refractivity contribution in [2.45, 2.75) is 38.5 Å². The Bertz CT molecular complexity index is 534. The Morgan fingerprint density at radius 2 is 1.74 bits per heavy atom. The van der Waals surface area contributed by atoms with E-state index < -0.39 is 12.2 Å². The van der Waals surface area contributed by atoms with Gasteiger partial charge in [0.05, 0.1) is 13.2 Å². The average molecular weight is 344 g/mol. The Morgan fingerprint density at radius 3 is 2.26 bits per heavy atom. The fourth-order valence-corrected chi connectivity index (χ4v) is 2.63. The third kappa shape index (κ3) is 5.41. The molecular formula is C16H22ClNO5. The van der Waals surface area contributed by atoms with E-state index in [4.69, 9.17) is 14.2 Å². The number of halogens is 1. The number of ether oxygens (including phenoxy) is 3. The number of hydrogen-bond acceptors (Lipinski definition) is 6. The van der Waals surface area contributed by atoms with Gasteiger partial charge in [0.1, 0.15) is 5.75 Å². The van der Waals surface area contributed by atoms with Gasteiger partial charge in [-0.05, 0) is 24.1 Å². The van der Waals surface area contributed by atoms with Crippen molar-refractivity contribution in [3.05, 3.63) is 29.8 Å². The van der Waals surface area contributed by atoms with Gasteiger partial charge in [-0.15, -0.1) is 12.4 Å². The van der Waals surface area contributed by atoms with Crippen molar-refractivity contribution in [3.8, 4) is 5.75 Å². The molecule has 0 bridgehead atoms. The van der Waals surface area contributed by atoms with E-state index in [2.05, 4.69) is 5.32 Å². The van der Waals surface area contributed by atoms with Crippen LogP contribution in [0.3, 0.4) is 0 Å². The summed E-state index contributed by atoms with van der Waals surface area (Å²) >= 11 is 0. The summed E-state index contributed by atoms with van der Waals surface area (Å²) in [6.45, 7) is 3.17. The third-order valence-corrected chi connectivity index (χ3v) is 3.58. The van der Waals surface area contributed by atoms with Crippen LogP contribution in [-0.4, -0.2) is 43.8 Å². The van der Waals surface area contributed by atoms with Crippen molar-refractivity contribution in [1.82, 2.24) is 5.32 Å². The summed E-state index contributed by atoms with van der Waals surface area (Å²) in [5.74, 6) is 0.0251. The lowest BCUT2D eigenvalue weighted by molar-refractivity contribution is -0.162. The molecule has 0 spiro atoms. The zero-order valence-electron chi connectivity index (χ0n) is 13.4. The van der Waals surface area contributed by atoms with Crippen LogP contribution in [0.4, 0.5) is 0 Å². The highest BCUT2D eigenvalue weighted by atomic mass is 35.5. The summed E-state index contributed by atoms with van der Waals surface area (Å²) in [4.78, 5) is 22.5. The molecule has 1 aromatic carbocycles. The van der Waals surface area contributed by atoms with E-state index in [9.17, 15) is 9.59 Å². The van der Waals surface area contributed by atoms with Crippen LogP contribution in [0.5, 0.6) is 5.75 Å². The molecule has 1 heterocycles. The molecule has 6 nitrogen and oxygen atoms in total. The van der Waals surface area contributed by atoms with Crippen molar-refractivity contribution in [1.29, 1.82) is 0 Å². The van der Waals surface area contributed by atoms with E-state index in [1.165, 1.54) is 13.8 Å². The lowest BCUT2D eigenvalue weighted by Gasteiger charge is -2.23. The predicted molar refractivity (Wildman–Crippen MR) is 86.8 cm³/mol. The molecule has 0 saturated carbocycles. The number of methoxy groups -OCH3 is 1. The highest BCUT2D eigenvalue weighted by molar-refractivity contribution is 5.85. The molecule has 3 atom stereocenters. The standard InChI is InChI=1S/C16H21NO5.ClH/c1-10(18)21-15-9-17-14(16(15)22-11(2)19)8-12-4-6-13(20-3)7-5-12;/h4-7,14-17H,8-9H2,1-3H3;1H. The van der Waals surface area contributed by atoms with Crippen LogP contribution < -0.4 is 10.1 Å². The Hall–Kier alpha value is -1.79. The summed E-state index contributed by atoms with van der Waals surface area (Å²) in [7, 11) is 1.62. The van der Waals surface area contributed by atoms with Gasteiger partial charge in [0, 0.05) is 20.4 Å². The van der Waals surface area contributed by atoms with Gasteiger partial charge in [-0.3, -0.25) is 9.59 Å². The van der Waals surface area contributed by atoms with Crippen LogP contribution in [0, 0.1) is 0 Å². The zero-order valence-corrected chi connectivity index (χ0v) is 14.2. The van der Waals surface area contributed by atoms with Gasteiger partial charge in [0.25, 0.3) is 0 Å². The summed E-state index contributed by atoms with van der Waals surface area (Å²) in [5, 5.41) is 3.26. The Morgan fingerprint density at radius 1 is 1.13 bits per heavy atom. The lowest BCUT2D eigenvalue weighted by Crippen LogP contribution is -2.39. The monoisotopic (exact) mass is 343 g/mol. The van der Waals surface area contributed by atoms with E-state index >= 15 is 0 Å². The highest BCUT2D eigenvalue weighted by Gasteiger charge is 2.40. The molecule has 2 rings (SSSR count). The second-order valence-corrected chi connectivity index (χ2v) is 5.29. The predicted octanol–water partition coefficient (Wildman–Crippen LogP) is 1.49.